The molecule has 1 atom stereocenters. The lowest BCUT2D eigenvalue weighted by atomic mass is 10.1. The number of methoxy groups -OCH3 is 1. The molecule has 1 saturated heterocycles. The van der Waals surface area contributed by atoms with E-state index in [-0.39, 0.29) is 0 Å². The van der Waals surface area contributed by atoms with Crippen molar-refractivity contribution in [1.29, 1.82) is 0 Å². The summed E-state index contributed by atoms with van der Waals surface area (Å²) in [5.74, 6) is 0.760. The van der Waals surface area contributed by atoms with Crippen molar-refractivity contribution in [3.8, 4) is 5.88 Å². The topological polar surface area (TPSA) is 34.1 Å². The van der Waals surface area contributed by atoms with Crippen LogP contribution in [0.4, 0.5) is 0 Å². The van der Waals surface area contributed by atoms with Gasteiger partial charge in [0.2, 0.25) is 5.88 Å². The van der Waals surface area contributed by atoms with Crippen LogP contribution in [-0.4, -0.2) is 18.6 Å². The van der Waals surface area contributed by atoms with Crippen molar-refractivity contribution in [2.24, 2.45) is 0 Å². The van der Waals surface area contributed by atoms with Crippen LogP contribution in [0.1, 0.15) is 24.4 Å². The lowest BCUT2D eigenvalue weighted by molar-refractivity contribution is 0.385. The molecule has 2 heterocycles. The Kier molecular flexibility index (Phi) is 3.22. The maximum atomic E-state index is 5.28. The third-order valence-electron chi connectivity index (χ3n) is 2.50. The third-order valence-corrected chi connectivity index (χ3v) is 3.44. The van der Waals surface area contributed by atoms with E-state index in [2.05, 4.69) is 32.9 Å². The zero-order valence-corrected chi connectivity index (χ0v) is 10.2. The maximum absolute atomic E-state index is 5.28. The van der Waals surface area contributed by atoms with E-state index in [4.69, 9.17) is 4.74 Å². The molecule has 0 bridgehead atoms. The monoisotopic (exact) mass is 304 g/mol. The van der Waals surface area contributed by atoms with E-state index >= 15 is 0 Å². The number of halogens is 1. The van der Waals surface area contributed by atoms with E-state index in [1.165, 1.54) is 22.0 Å². The molecule has 0 unspecified atom stereocenters. The summed E-state index contributed by atoms with van der Waals surface area (Å²) in [6.45, 7) is 1.10. The lowest BCUT2D eigenvalue weighted by Crippen LogP contribution is -2.15. The van der Waals surface area contributed by atoms with E-state index in [9.17, 15) is 0 Å². The summed E-state index contributed by atoms with van der Waals surface area (Å²) in [6.07, 6.45) is 4.20. The highest BCUT2D eigenvalue weighted by Crippen LogP contribution is 2.32. The van der Waals surface area contributed by atoms with Gasteiger partial charge in [-0.1, -0.05) is 0 Å². The Morgan fingerprint density at radius 2 is 2.50 bits per heavy atom. The Morgan fingerprint density at radius 1 is 1.64 bits per heavy atom. The highest BCUT2D eigenvalue weighted by Gasteiger charge is 2.22. The van der Waals surface area contributed by atoms with Crippen LogP contribution < -0.4 is 10.1 Å². The van der Waals surface area contributed by atoms with E-state index in [1.54, 1.807) is 13.3 Å². The van der Waals surface area contributed by atoms with Gasteiger partial charge in [-0.05, 0) is 48.0 Å². The second kappa shape index (κ2) is 4.44. The number of nitrogens with one attached hydrogen (secondary N) is 1. The van der Waals surface area contributed by atoms with Gasteiger partial charge in [0, 0.05) is 21.4 Å². The number of nitrogens with zero attached hydrogens (tertiary/aromatic N) is 1. The van der Waals surface area contributed by atoms with Crippen molar-refractivity contribution >= 4 is 22.6 Å². The first-order valence-corrected chi connectivity index (χ1v) is 5.82. The van der Waals surface area contributed by atoms with Crippen LogP contribution in [-0.2, 0) is 0 Å². The van der Waals surface area contributed by atoms with Crippen LogP contribution in [0, 0.1) is 3.57 Å². The Hall–Kier alpha value is -0.360. The zero-order chi connectivity index (χ0) is 9.97. The molecular formula is C10H13IN2O. The van der Waals surface area contributed by atoms with E-state index in [0.29, 0.717) is 6.04 Å². The van der Waals surface area contributed by atoms with Gasteiger partial charge >= 0.3 is 0 Å². The maximum Gasteiger partial charge on any atom is 0.218 e. The first kappa shape index (κ1) is 10.2. The molecule has 0 radical (unpaired) electrons. The van der Waals surface area contributed by atoms with Crippen LogP contribution in [0.2, 0.25) is 0 Å². The van der Waals surface area contributed by atoms with Gasteiger partial charge in [0.05, 0.1) is 7.11 Å². The largest absolute Gasteiger partial charge is 0.481 e. The minimum Gasteiger partial charge on any atom is -0.481 e. The molecule has 4 heteroatoms. The van der Waals surface area contributed by atoms with Crippen LogP contribution in [0.3, 0.4) is 0 Å². The average Bonchev–Trinajstić information content (AvgIpc) is 2.70. The number of rotatable bonds is 2. The highest BCUT2D eigenvalue weighted by atomic mass is 127. The zero-order valence-electron chi connectivity index (χ0n) is 8.09. The molecule has 1 aliphatic heterocycles. The van der Waals surface area contributed by atoms with Gasteiger partial charge in [-0.2, -0.15) is 0 Å². The van der Waals surface area contributed by atoms with Crippen LogP contribution >= 0.6 is 22.6 Å². The first-order valence-electron chi connectivity index (χ1n) is 4.74. The van der Waals surface area contributed by atoms with Gasteiger partial charge in [-0.3, -0.25) is 0 Å². The van der Waals surface area contributed by atoms with Crippen molar-refractivity contribution in [3.05, 3.63) is 21.4 Å². The Bertz CT molecular complexity index is 324. The van der Waals surface area contributed by atoms with Crippen molar-refractivity contribution in [1.82, 2.24) is 10.3 Å². The Morgan fingerprint density at radius 3 is 3.14 bits per heavy atom. The van der Waals surface area contributed by atoms with E-state index in [0.717, 1.165) is 12.4 Å². The van der Waals surface area contributed by atoms with Crippen LogP contribution in [0.5, 0.6) is 5.88 Å². The fourth-order valence-electron chi connectivity index (χ4n) is 1.84. The first-order chi connectivity index (χ1) is 6.83. The number of hydrogen-bond acceptors (Lipinski definition) is 3. The van der Waals surface area contributed by atoms with Crippen molar-refractivity contribution in [2.45, 2.75) is 18.9 Å². The lowest BCUT2D eigenvalue weighted by Gasteiger charge is -2.15. The molecule has 2 rings (SSSR count). The molecular weight excluding hydrogens is 291 g/mol. The summed E-state index contributed by atoms with van der Waals surface area (Å²) in [5, 5.41) is 3.46. The molecule has 14 heavy (non-hydrogen) atoms. The predicted octanol–water partition coefficient (Wildman–Crippen LogP) is 2.12. The second-order valence-electron chi connectivity index (χ2n) is 3.36. The number of aromatic nitrogens is 1. The molecule has 0 saturated carbocycles. The molecule has 3 nitrogen and oxygen atoms in total. The molecule has 0 amide bonds. The molecule has 0 aromatic carbocycles. The minimum atomic E-state index is 0.422. The quantitative estimate of drug-likeness (QED) is 0.850. The minimum absolute atomic E-state index is 0.422. The molecule has 0 spiro atoms. The summed E-state index contributed by atoms with van der Waals surface area (Å²) in [6, 6.07) is 2.45. The number of ether oxygens (including phenoxy) is 1. The van der Waals surface area contributed by atoms with Crippen molar-refractivity contribution in [3.63, 3.8) is 0 Å². The molecule has 1 aliphatic rings. The molecule has 1 aromatic heterocycles. The fourth-order valence-corrected chi connectivity index (χ4v) is 2.61. The van der Waals surface area contributed by atoms with Gasteiger partial charge in [-0.25, -0.2) is 4.98 Å². The van der Waals surface area contributed by atoms with Crippen LogP contribution in [0.25, 0.3) is 0 Å². The van der Waals surface area contributed by atoms with E-state index < -0.39 is 0 Å². The fraction of sp³-hybridized carbons (Fsp3) is 0.500. The van der Waals surface area contributed by atoms with Crippen molar-refractivity contribution < 1.29 is 4.74 Å². The normalized spacial score (nSPS) is 21.1. The number of hydrogen-bond donors (Lipinski definition) is 1. The smallest absolute Gasteiger partial charge is 0.218 e. The second-order valence-corrected chi connectivity index (χ2v) is 4.53. The summed E-state index contributed by atoms with van der Waals surface area (Å²) >= 11 is 2.34. The Labute approximate surface area is 97.4 Å². The predicted molar refractivity (Wildman–Crippen MR) is 63.5 cm³/mol. The summed E-state index contributed by atoms with van der Waals surface area (Å²) < 4.78 is 6.51. The molecule has 1 N–H and O–H groups in total. The van der Waals surface area contributed by atoms with Gasteiger partial charge in [0.1, 0.15) is 0 Å². The molecule has 1 fully saturated rings. The van der Waals surface area contributed by atoms with Gasteiger partial charge < -0.3 is 10.1 Å². The molecule has 76 valence electrons. The molecule has 1 aromatic rings. The van der Waals surface area contributed by atoms with Crippen molar-refractivity contribution in [2.75, 3.05) is 13.7 Å². The van der Waals surface area contributed by atoms with Gasteiger partial charge in [-0.15, -0.1) is 0 Å². The van der Waals surface area contributed by atoms with E-state index in [1.807, 2.05) is 6.07 Å². The van der Waals surface area contributed by atoms with Gasteiger partial charge in [0.25, 0.3) is 0 Å². The summed E-state index contributed by atoms with van der Waals surface area (Å²) in [5.41, 5.74) is 1.22. The van der Waals surface area contributed by atoms with Gasteiger partial charge in [0.15, 0.2) is 0 Å². The Balaban J connectivity index is 2.37. The third kappa shape index (κ3) is 1.86. The number of pyridine rings is 1. The summed E-state index contributed by atoms with van der Waals surface area (Å²) in [4.78, 5) is 4.24. The SMILES string of the molecule is COc1nccc(I)c1[C@@H]1CCCN1. The highest BCUT2D eigenvalue weighted by molar-refractivity contribution is 14.1. The molecule has 0 aliphatic carbocycles. The standard InChI is InChI=1S/C10H13IN2O/c1-14-10-9(7(11)4-6-13-10)8-3-2-5-12-8/h4,6,8,12H,2-3,5H2,1H3/t8-/m0/s1. The van der Waals surface area contributed by atoms with Crippen LogP contribution in [0.15, 0.2) is 12.3 Å². The average molecular weight is 304 g/mol. The summed E-state index contributed by atoms with van der Waals surface area (Å²) in [7, 11) is 1.68.